The third kappa shape index (κ3) is 42.9. The van der Waals surface area contributed by atoms with E-state index < -0.39 is 10.2 Å². The van der Waals surface area contributed by atoms with Crippen LogP contribution in [0.1, 0.15) is 32.6 Å². The van der Waals surface area contributed by atoms with Crippen LogP contribution in [0, 0.1) is 81.4 Å². The van der Waals surface area contributed by atoms with Crippen LogP contribution < -0.4 is 18.6 Å². The molecule has 0 saturated heterocycles. The Kier molecular flexibility index (Phi) is 27.9. The maximum Gasteiger partial charge on any atom is 2.00 e. The van der Waals surface area contributed by atoms with Crippen LogP contribution in [0.4, 0.5) is 0 Å². The third-order valence-corrected chi connectivity index (χ3v) is 1.96. The Hall–Kier alpha value is 1.01. The van der Waals surface area contributed by atoms with Crippen LogP contribution in [-0.4, -0.2) is 0 Å². The average molecular weight is 406 g/mol. The van der Waals surface area contributed by atoms with Gasteiger partial charge in [0.2, 0.25) is 0 Å². The molecule has 0 amide bonds. The SMILES string of the molecule is [CH2-]CCCCC.[CH]1[CH][CH][CH][CH]1.[CH]1[CH][CH][CH][CH]1.[O-][Cl+3]([O-])([O-])[O-].[Zr+2]. The van der Waals surface area contributed by atoms with E-state index in [-0.39, 0.29) is 26.2 Å². The molecule has 0 atom stereocenters. The quantitative estimate of drug-likeness (QED) is 0.475. The number of hydrogen-bond acceptors (Lipinski definition) is 4. The Morgan fingerprint density at radius 3 is 1.00 bits per heavy atom. The summed E-state index contributed by atoms with van der Waals surface area (Å²) in [5.74, 6) is 0. The van der Waals surface area contributed by atoms with Crippen LogP contribution in [0.5, 0.6) is 0 Å². The first kappa shape index (κ1) is 27.8. The monoisotopic (exact) mass is 404 g/mol. The molecule has 2 rings (SSSR count). The maximum absolute atomic E-state index is 8.49. The molecule has 0 heterocycles. The summed E-state index contributed by atoms with van der Waals surface area (Å²) in [4.78, 5) is 0. The summed E-state index contributed by atoms with van der Waals surface area (Å²) in [6.45, 7) is 5.93. The fraction of sp³-hybridized carbons (Fsp3) is 0.312. The Bertz CT molecular complexity index is 146. The van der Waals surface area contributed by atoms with Gasteiger partial charge in [0, 0.05) is 0 Å². The smallest absolute Gasteiger partial charge is 0.343 e. The molecule has 122 valence electrons. The molecule has 10 radical (unpaired) electrons. The second-order valence-electron chi connectivity index (χ2n) is 3.86. The van der Waals surface area contributed by atoms with E-state index in [9.17, 15) is 0 Å². The van der Waals surface area contributed by atoms with Gasteiger partial charge in [-0.15, -0.1) is 10.2 Å². The molecule has 0 bridgehead atoms. The molecule has 2 fully saturated rings. The van der Waals surface area contributed by atoms with Gasteiger partial charge >= 0.3 is 26.2 Å². The van der Waals surface area contributed by atoms with Gasteiger partial charge in [-0.1, -0.05) is 26.2 Å². The molecule has 2 aliphatic carbocycles. The standard InChI is InChI=1S/C6H13.2C5H5.ClHO4.Zr/c1-3-5-6-4-2;2*1-2-4-5-3-1;2-1(3,4)5;/h1,3-6H2,2H3;2*1-5H;(H,2,3,4,5);/q-1;;;;+2/p-1. The molecule has 2 saturated carbocycles. The van der Waals surface area contributed by atoms with E-state index >= 15 is 0 Å². The van der Waals surface area contributed by atoms with Crippen LogP contribution in [0.15, 0.2) is 0 Å². The van der Waals surface area contributed by atoms with Gasteiger partial charge in [0.15, 0.2) is 0 Å². The minimum atomic E-state index is -4.94. The fourth-order valence-corrected chi connectivity index (χ4v) is 1.07. The minimum Gasteiger partial charge on any atom is -0.343 e. The van der Waals surface area contributed by atoms with E-state index in [0.29, 0.717) is 0 Å². The van der Waals surface area contributed by atoms with Gasteiger partial charge in [-0.3, -0.25) is 0 Å². The van der Waals surface area contributed by atoms with Gasteiger partial charge in [-0.05, 0) is 64.2 Å². The second kappa shape index (κ2) is 22.0. The summed E-state index contributed by atoms with van der Waals surface area (Å²) in [5.41, 5.74) is 0. The largest absolute Gasteiger partial charge is 2.00 e. The fourth-order valence-electron chi connectivity index (χ4n) is 1.07. The third-order valence-electron chi connectivity index (χ3n) is 1.96. The van der Waals surface area contributed by atoms with E-state index in [2.05, 4.69) is 13.8 Å². The predicted octanol–water partition coefficient (Wildman–Crippen LogP) is -0.315. The van der Waals surface area contributed by atoms with Gasteiger partial charge < -0.3 is 6.92 Å². The molecule has 0 spiro atoms. The van der Waals surface area contributed by atoms with Crippen molar-refractivity contribution in [2.75, 3.05) is 0 Å². The van der Waals surface area contributed by atoms with E-state index in [0.717, 1.165) is 6.42 Å². The molecule has 6 heteroatoms. The summed E-state index contributed by atoms with van der Waals surface area (Å²) in [6, 6.07) is 0. The summed E-state index contributed by atoms with van der Waals surface area (Å²) in [7, 11) is -4.94. The first-order chi connectivity index (χ1) is 9.91. The van der Waals surface area contributed by atoms with Crippen LogP contribution in [0.25, 0.3) is 0 Å². The van der Waals surface area contributed by atoms with Crippen molar-refractivity contribution >= 4 is 0 Å². The topological polar surface area (TPSA) is 92.2 Å². The Morgan fingerprint density at radius 2 is 0.909 bits per heavy atom. The molecule has 0 N–H and O–H groups in total. The zero-order chi connectivity index (χ0) is 16.4. The van der Waals surface area contributed by atoms with E-state index in [1.54, 1.807) is 0 Å². The minimum absolute atomic E-state index is 0. The first-order valence-electron chi connectivity index (χ1n) is 6.66. The van der Waals surface area contributed by atoms with E-state index in [4.69, 9.17) is 18.6 Å². The summed E-state index contributed by atoms with van der Waals surface area (Å²) in [5, 5.41) is 0. The van der Waals surface area contributed by atoms with Gasteiger partial charge in [0.05, 0.1) is 0 Å². The van der Waals surface area contributed by atoms with Gasteiger partial charge in [0.1, 0.15) is 0 Å². The molecular weight excluding hydrogens is 383 g/mol. The molecule has 0 aliphatic heterocycles. The molecular formula is C16H23ClO4Zr. The zero-order valence-electron chi connectivity index (χ0n) is 12.8. The van der Waals surface area contributed by atoms with Gasteiger partial charge in [-0.2, -0.15) is 6.42 Å². The van der Waals surface area contributed by atoms with Crippen LogP contribution >= 0.6 is 0 Å². The molecule has 0 unspecified atom stereocenters. The predicted molar refractivity (Wildman–Crippen MR) is 72.5 cm³/mol. The van der Waals surface area contributed by atoms with Crippen molar-refractivity contribution in [1.29, 1.82) is 0 Å². The zero-order valence-corrected chi connectivity index (χ0v) is 16.0. The summed E-state index contributed by atoms with van der Waals surface area (Å²) < 4.78 is 34.0. The first-order valence-corrected chi connectivity index (χ1v) is 7.89. The van der Waals surface area contributed by atoms with Crippen molar-refractivity contribution in [2.24, 2.45) is 0 Å². The Morgan fingerprint density at radius 1 is 0.682 bits per heavy atom. The molecule has 0 aromatic rings. The van der Waals surface area contributed by atoms with Crippen LogP contribution in [0.2, 0.25) is 0 Å². The molecule has 2 aliphatic rings. The van der Waals surface area contributed by atoms with Crippen LogP contribution in [0.3, 0.4) is 0 Å². The number of halogens is 1. The van der Waals surface area contributed by atoms with E-state index in [1.165, 1.54) is 19.3 Å². The van der Waals surface area contributed by atoms with Crippen molar-refractivity contribution in [3.05, 3.63) is 71.1 Å². The Balaban J connectivity index is -0.000000216. The van der Waals surface area contributed by atoms with Crippen molar-refractivity contribution in [3.63, 3.8) is 0 Å². The van der Waals surface area contributed by atoms with Crippen molar-refractivity contribution in [2.45, 2.75) is 32.6 Å². The second-order valence-corrected chi connectivity index (χ2v) is 4.62. The van der Waals surface area contributed by atoms with Crippen molar-refractivity contribution < 1.29 is 55.1 Å². The van der Waals surface area contributed by atoms with Gasteiger partial charge in [-0.25, -0.2) is 18.6 Å². The Labute approximate surface area is 158 Å². The average Bonchev–Trinajstić information content (AvgIpc) is 3.09. The molecule has 22 heavy (non-hydrogen) atoms. The summed E-state index contributed by atoms with van der Waals surface area (Å²) >= 11 is 0. The molecule has 0 aromatic heterocycles. The number of unbranched alkanes of at least 4 members (excludes halogenated alkanes) is 3. The number of hydrogen-bond donors (Lipinski definition) is 0. The van der Waals surface area contributed by atoms with Crippen molar-refractivity contribution in [3.8, 4) is 0 Å². The van der Waals surface area contributed by atoms with Crippen molar-refractivity contribution in [1.82, 2.24) is 0 Å². The summed E-state index contributed by atoms with van der Waals surface area (Å²) in [6.07, 6.45) is 25.1. The maximum atomic E-state index is 8.49. The molecule has 0 aromatic carbocycles. The van der Waals surface area contributed by atoms with Crippen LogP contribution in [-0.2, 0) is 26.2 Å². The molecule has 4 nitrogen and oxygen atoms in total. The van der Waals surface area contributed by atoms with Gasteiger partial charge in [0.25, 0.3) is 0 Å². The normalized spacial score (nSPS) is 16.1. The van der Waals surface area contributed by atoms with E-state index in [1.807, 2.05) is 64.2 Å². The number of rotatable bonds is 3.